The van der Waals surface area contributed by atoms with Crippen molar-refractivity contribution >= 4 is 17.4 Å². The summed E-state index contributed by atoms with van der Waals surface area (Å²) in [5.74, 6) is 1.91. The molecule has 0 aliphatic carbocycles. The van der Waals surface area contributed by atoms with Gasteiger partial charge in [-0.25, -0.2) is 9.97 Å². The minimum absolute atomic E-state index is 0.285. The average molecular weight is 283 g/mol. The van der Waals surface area contributed by atoms with Gasteiger partial charge in [0.15, 0.2) is 0 Å². The normalized spacial score (nSPS) is 17.9. The summed E-state index contributed by atoms with van der Waals surface area (Å²) in [6.45, 7) is 9.82. The second-order valence-corrected chi connectivity index (χ2v) is 6.03. The van der Waals surface area contributed by atoms with Gasteiger partial charge in [0.05, 0.1) is 0 Å². The third-order valence-electron chi connectivity index (χ3n) is 3.35. The fraction of sp³-hybridized carbons (Fsp3) is 0.714. The minimum Gasteiger partial charge on any atom is -0.366 e. The number of hydrogen-bond donors (Lipinski definition) is 1. The Labute approximate surface area is 120 Å². The van der Waals surface area contributed by atoms with Gasteiger partial charge < -0.3 is 10.2 Å². The highest BCUT2D eigenvalue weighted by Crippen LogP contribution is 2.18. The molecule has 1 aliphatic rings. The first kappa shape index (κ1) is 14.5. The van der Waals surface area contributed by atoms with Gasteiger partial charge in [-0.1, -0.05) is 25.4 Å². The Bertz CT molecular complexity index is 416. The highest BCUT2D eigenvalue weighted by molar-refractivity contribution is 6.29. The van der Waals surface area contributed by atoms with Crippen LogP contribution in [-0.2, 0) is 0 Å². The molecule has 1 unspecified atom stereocenters. The van der Waals surface area contributed by atoms with Gasteiger partial charge in [-0.3, -0.25) is 0 Å². The monoisotopic (exact) mass is 282 g/mol. The van der Waals surface area contributed by atoms with Crippen LogP contribution in [0.2, 0.25) is 5.15 Å². The Hall–Kier alpha value is -0.870. The number of anilines is 1. The van der Waals surface area contributed by atoms with Crippen LogP contribution >= 0.6 is 11.6 Å². The maximum Gasteiger partial charge on any atom is 0.135 e. The van der Waals surface area contributed by atoms with Crippen molar-refractivity contribution in [3.8, 4) is 0 Å². The van der Waals surface area contributed by atoms with Gasteiger partial charge in [-0.15, -0.1) is 0 Å². The molecule has 1 atom stereocenters. The summed E-state index contributed by atoms with van der Waals surface area (Å²) < 4.78 is 0. The molecule has 1 fully saturated rings. The largest absolute Gasteiger partial charge is 0.366 e. The van der Waals surface area contributed by atoms with E-state index in [1.807, 2.05) is 0 Å². The maximum atomic E-state index is 6.05. The Morgan fingerprint density at radius 2 is 1.95 bits per heavy atom. The smallest absolute Gasteiger partial charge is 0.135 e. The molecule has 4 nitrogen and oxygen atoms in total. The highest BCUT2D eigenvalue weighted by Gasteiger charge is 2.15. The standard InChI is InChI=1S/C14H23ClN4/c1-10(2)14-17-12(15)8-13(18-14)16-11(3)9-19-6-4-5-7-19/h8,10-11H,4-7,9H2,1-3H3,(H,16,17,18). The molecule has 0 saturated carbocycles. The third-order valence-corrected chi connectivity index (χ3v) is 3.55. The summed E-state index contributed by atoms with van der Waals surface area (Å²) in [5.41, 5.74) is 0. The van der Waals surface area contributed by atoms with Gasteiger partial charge in [0.2, 0.25) is 0 Å². The van der Waals surface area contributed by atoms with Crippen LogP contribution in [0.5, 0.6) is 0 Å². The van der Waals surface area contributed by atoms with Gasteiger partial charge in [-0.2, -0.15) is 0 Å². The molecule has 0 radical (unpaired) electrons. The molecule has 106 valence electrons. The van der Waals surface area contributed by atoms with E-state index in [2.05, 4.69) is 41.0 Å². The second-order valence-electron chi connectivity index (χ2n) is 5.64. The zero-order valence-electron chi connectivity index (χ0n) is 12.0. The topological polar surface area (TPSA) is 41.0 Å². The van der Waals surface area contributed by atoms with Crippen molar-refractivity contribution in [1.29, 1.82) is 0 Å². The summed E-state index contributed by atoms with van der Waals surface area (Å²) in [4.78, 5) is 11.3. The summed E-state index contributed by atoms with van der Waals surface area (Å²) in [6, 6.07) is 2.16. The van der Waals surface area contributed by atoms with Crippen LogP contribution in [0.3, 0.4) is 0 Å². The predicted molar refractivity (Wildman–Crippen MR) is 79.9 cm³/mol. The van der Waals surface area contributed by atoms with Crippen molar-refractivity contribution in [3.63, 3.8) is 0 Å². The number of hydrogen-bond acceptors (Lipinski definition) is 4. The number of aromatic nitrogens is 2. The molecule has 0 amide bonds. The van der Waals surface area contributed by atoms with E-state index in [-0.39, 0.29) is 5.92 Å². The van der Waals surface area contributed by atoms with Gasteiger partial charge in [-0.05, 0) is 32.9 Å². The molecule has 0 aromatic carbocycles. The molecule has 2 heterocycles. The van der Waals surface area contributed by atoms with Crippen LogP contribution in [0.25, 0.3) is 0 Å². The minimum atomic E-state index is 0.285. The Morgan fingerprint density at radius 1 is 1.26 bits per heavy atom. The second kappa shape index (κ2) is 6.53. The lowest BCUT2D eigenvalue weighted by Gasteiger charge is -2.22. The number of nitrogens with zero attached hydrogens (tertiary/aromatic N) is 3. The van der Waals surface area contributed by atoms with Gasteiger partial charge in [0.25, 0.3) is 0 Å². The molecule has 1 saturated heterocycles. The first-order valence-corrected chi connectivity index (χ1v) is 7.46. The lowest BCUT2D eigenvalue weighted by atomic mass is 10.2. The fourth-order valence-electron chi connectivity index (χ4n) is 2.42. The summed E-state index contributed by atoms with van der Waals surface area (Å²) in [6.07, 6.45) is 2.65. The van der Waals surface area contributed by atoms with E-state index in [0.29, 0.717) is 11.2 Å². The molecule has 0 bridgehead atoms. The van der Waals surface area contributed by atoms with Crippen molar-refractivity contribution in [3.05, 3.63) is 17.0 Å². The molecule has 2 rings (SSSR count). The number of halogens is 1. The van der Waals surface area contributed by atoms with Crippen LogP contribution < -0.4 is 5.32 Å². The summed E-state index contributed by atoms with van der Waals surface area (Å²) >= 11 is 6.05. The zero-order chi connectivity index (χ0) is 13.8. The van der Waals surface area contributed by atoms with E-state index in [4.69, 9.17) is 11.6 Å². The SMILES string of the molecule is CC(CN1CCCC1)Nc1cc(Cl)nc(C(C)C)n1. The summed E-state index contributed by atoms with van der Waals surface area (Å²) in [7, 11) is 0. The molecule has 0 spiro atoms. The van der Waals surface area contributed by atoms with E-state index in [9.17, 15) is 0 Å². The molecule has 1 aromatic heterocycles. The van der Waals surface area contributed by atoms with E-state index >= 15 is 0 Å². The number of rotatable bonds is 5. The van der Waals surface area contributed by atoms with Gasteiger partial charge in [0.1, 0.15) is 16.8 Å². The van der Waals surface area contributed by atoms with E-state index in [0.717, 1.165) is 18.2 Å². The molecule has 1 aliphatic heterocycles. The molecule has 1 N–H and O–H groups in total. The molecule has 5 heteroatoms. The van der Waals surface area contributed by atoms with Crippen LogP contribution in [0, 0.1) is 0 Å². The van der Waals surface area contributed by atoms with Crippen LogP contribution in [0.15, 0.2) is 6.07 Å². The third kappa shape index (κ3) is 4.32. The first-order valence-electron chi connectivity index (χ1n) is 7.08. The van der Waals surface area contributed by atoms with E-state index in [1.165, 1.54) is 25.9 Å². The molecule has 1 aromatic rings. The van der Waals surface area contributed by atoms with Gasteiger partial charge in [0, 0.05) is 24.6 Å². The Morgan fingerprint density at radius 3 is 2.58 bits per heavy atom. The summed E-state index contributed by atoms with van der Waals surface area (Å²) in [5, 5.41) is 3.94. The number of likely N-dealkylation sites (tertiary alicyclic amines) is 1. The zero-order valence-corrected chi connectivity index (χ0v) is 12.7. The lowest BCUT2D eigenvalue weighted by Crippen LogP contribution is -2.33. The molecular formula is C14H23ClN4. The van der Waals surface area contributed by atoms with Crippen LogP contribution in [0.4, 0.5) is 5.82 Å². The Balaban J connectivity index is 1.97. The van der Waals surface area contributed by atoms with Crippen LogP contribution in [-0.4, -0.2) is 40.5 Å². The van der Waals surface area contributed by atoms with Crippen molar-refractivity contribution < 1.29 is 0 Å². The van der Waals surface area contributed by atoms with E-state index < -0.39 is 0 Å². The van der Waals surface area contributed by atoms with Crippen molar-refractivity contribution in [2.45, 2.75) is 45.6 Å². The van der Waals surface area contributed by atoms with E-state index in [1.54, 1.807) is 6.07 Å². The average Bonchev–Trinajstić information content (AvgIpc) is 2.80. The highest BCUT2D eigenvalue weighted by atomic mass is 35.5. The lowest BCUT2D eigenvalue weighted by molar-refractivity contribution is 0.327. The fourth-order valence-corrected chi connectivity index (χ4v) is 2.61. The number of nitrogens with one attached hydrogen (secondary N) is 1. The quantitative estimate of drug-likeness (QED) is 0.843. The molecular weight excluding hydrogens is 260 g/mol. The molecule has 19 heavy (non-hydrogen) atoms. The maximum absolute atomic E-state index is 6.05. The Kier molecular flexibility index (Phi) is 4.99. The predicted octanol–water partition coefficient (Wildman–Crippen LogP) is 3.15. The van der Waals surface area contributed by atoms with Crippen molar-refractivity contribution in [2.75, 3.05) is 25.0 Å². The van der Waals surface area contributed by atoms with Crippen molar-refractivity contribution in [2.24, 2.45) is 0 Å². The van der Waals surface area contributed by atoms with Crippen LogP contribution in [0.1, 0.15) is 45.4 Å². The van der Waals surface area contributed by atoms with Crippen molar-refractivity contribution in [1.82, 2.24) is 14.9 Å². The first-order chi connectivity index (χ1) is 9.04. The van der Waals surface area contributed by atoms with Gasteiger partial charge >= 0.3 is 0 Å².